The summed E-state index contributed by atoms with van der Waals surface area (Å²) in [6.07, 6.45) is 7.10. The highest BCUT2D eigenvalue weighted by Crippen LogP contribution is 2.16. The van der Waals surface area contributed by atoms with Crippen LogP contribution in [0.25, 0.3) is 4.96 Å². The van der Waals surface area contributed by atoms with Crippen LogP contribution in [0.2, 0.25) is 0 Å². The van der Waals surface area contributed by atoms with Gasteiger partial charge in [0.05, 0.1) is 0 Å². The zero-order chi connectivity index (χ0) is 7.68. The minimum Gasteiger partial charge on any atom is -0.294 e. The molecule has 2 aromatic rings. The van der Waals surface area contributed by atoms with Crippen molar-refractivity contribution in [1.82, 2.24) is 9.38 Å². The summed E-state index contributed by atoms with van der Waals surface area (Å²) in [4.78, 5) is 5.26. The molecule has 0 bridgehead atoms. The zero-order valence-electron chi connectivity index (χ0n) is 6.32. The molecule has 3 heteroatoms. The maximum Gasteiger partial charge on any atom is 0.193 e. The average molecular weight is 165 g/mol. The first-order chi connectivity index (χ1) is 5.42. The molecule has 0 aromatic carbocycles. The molecule has 0 saturated carbocycles. The van der Waals surface area contributed by atoms with Crippen LogP contribution in [0.4, 0.5) is 0 Å². The van der Waals surface area contributed by atoms with Gasteiger partial charge in [0, 0.05) is 29.9 Å². The Hall–Kier alpha value is -0.830. The van der Waals surface area contributed by atoms with Crippen LogP contribution in [0.5, 0.6) is 0 Å². The molecule has 0 saturated heterocycles. The topological polar surface area (TPSA) is 17.3 Å². The molecule has 2 nitrogen and oxygen atoms in total. The van der Waals surface area contributed by atoms with Crippen LogP contribution in [0.15, 0.2) is 17.8 Å². The van der Waals surface area contributed by atoms with E-state index >= 15 is 0 Å². The van der Waals surface area contributed by atoms with E-state index in [0.29, 0.717) is 0 Å². The molecule has 1 radical (unpaired) electrons. The Bertz CT molecular complexity index is 347. The monoisotopic (exact) mass is 165 g/mol. The zero-order valence-corrected chi connectivity index (χ0v) is 7.14. The number of thiazole rings is 1. The third-order valence-electron chi connectivity index (χ3n) is 1.58. The van der Waals surface area contributed by atoms with E-state index in [0.717, 1.165) is 11.4 Å². The van der Waals surface area contributed by atoms with Gasteiger partial charge in [0.15, 0.2) is 4.96 Å². The van der Waals surface area contributed by atoms with E-state index in [1.807, 2.05) is 12.4 Å². The van der Waals surface area contributed by atoms with Crippen LogP contribution in [-0.4, -0.2) is 9.38 Å². The van der Waals surface area contributed by atoms with E-state index in [9.17, 15) is 0 Å². The van der Waals surface area contributed by atoms with Gasteiger partial charge >= 0.3 is 0 Å². The second kappa shape index (κ2) is 2.66. The third-order valence-corrected chi connectivity index (χ3v) is 2.46. The van der Waals surface area contributed by atoms with Crippen LogP contribution in [0.1, 0.15) is 19.0 Å². The Labute approximate surface area is 69.5 Å². The van der Waals surface area contributed by atoms with Crippen LogP contribution in [-0.2, 0) is 0 Å². The fraction of sp³-hybridized carbons (Fsp3) is 0.250. The third kappa shape index (κ3) is 1.05. The molecule has 11 heavy (non-hydrogen) atoms. The fourth-order valence-electron chi connectivity index (χ4n) is 1.10. The Balaban J connectivity index is 2.51. The van der Waals surface area contributed by atoms with E-state index < -0.39 is 0 Å². The van der Waals surface area contributed by atoms with Crippen molar-refractivity contribution in [3.63, 3.8) is 0 Å². The van der Waals surface area contributed by atoms with Crippen LogP contribution >= 0.6 is 11.3 Å². The molecule has 0 spiro atoms. The van der Waals surface area contributed by atoms with Crippen molar-refractivity contribution in [3.8, 4) is 0 Å². The molecular weight excluding hydrogens is 156 g/mol. The smallest absolute Gasteiger partial charge is 0.193 e. The van der Waals surface area contributed by atoms with Gasteiger partial charge in [-0.2, -0.15) is 0 Å². The summed E-state index contributed by atoms with van der Waals surface area (Å²) in [5, 5.41) is 2.13. The quantitative estimate of drug-likeness (QED) is 0.667. The number of fused-ring (bicyclic) bond motifs is 1. The van der Waals surface area contributed by atoms with Gasteiger partial charge in [-0.25, -0.2) is 4.98 Å². The number of rotatable bonds is 2. The summed E-state index contributed by atoms with van der Waals surface area (Å²) >= 11 is 1.68. The van der Waals surface area contributed by atoms with Gasteiger partial charge in [0.25, 0.3) is 0 Å². The number of nitrogens with zero attached hydrogens (tertiary/aromatic N) is 2. The minimum atomic E-state index is 1.07. The summed E-state index contributed by atoms with van der Waals surface area (Å²) in [5.41, 5.74) is 1.25. The molecule has 0 amide bonds. The second-order valence-corrected chi connectivity index (χ2v) is 3.19. The van der Waals surface area contributed by atoms with Crippen molar-refractivity contribution in [2.45, 2.75) is 13.3 Å². The van der Waals surface area contributed by atoms with Crippen LogP contribution in [0.3, 0.4) is 0 Å². The molecule has 0 N–H and O–H groups in total. The van der Waals surface area contributed by atoms with E-state index in [-0.39, 0.29) is 0 Å². The molecule has 57 valence electrons. The SMILES string of the molecule is CC[CH]c1csc2nccn12. The molecule has 0 aliphatic carbocycles. The lowest BCUT2D eigenvalue weighted by molar-refractivity contribution is 1.04. The van der Waals surface area contributed by atoms with Gasteiger partial charge in [0.1, 0.15) is 0 Å². The molecule has 0 fully saturated rings. The number of hydrogen-bond donors (Lipinski definition) is 0. The van der Waals surface area contributed by atoms with Crippen LogP contribution < -0.4 is 0 Å². The first-order valence-electron chi connectivity index (χ1n) is 3.65. The average Bonchev–Trinajstić information content (AvgIpc) is 2.53. The Kier molecular flexibility index (Phi) is 1.66. The van der Waals surface area contributed by atoms with Gasteiger partial charge in [-0.15, -0.1) is 11.3 Å². The number of aromatic nitrogens is 2. The van der Waals surface area contributed by atoms with E-state index in [1.165, 1.54) is 5.69 Å². The lowest BCUT2D eigenvalue weighted by Crippen LogP contribution is -1.84. The Morgan fingerprint density at radius 3 is 3.45 bits per heavy atom. The van der Waals surface area contributed by atoms with Crippen LogP contribution in [0, 0.1) is 6.42 Å². The molecule has 0 atom stereocenters. The first-order valence-corrected chi connectivity index (χ1v) is 4.53. The van der Waals surface area contributed by atoms with Gasteiger partial charge in [0.2, 0.25) is 0 Å². The largest absolute Gasteiger partial charge is 0.294 e. The lowest BCUT2D eigenvalue weighted by atomic mass is 10.3. The van der Waals surface area contributed by atoms with Gasteiger partial charge in [-0.1, -0.05) is 6.92 Å². The van der Waals surface area contributed by atoms with Crippen molar-refractivity contribution < 1.29 is 0 Å². The predicted octanol–water partition coefficient (Wildman–Crippen LogP) is 2.36. The van der Waals surface area contributed by atoms with Crippen molar-refractivity contribution in [2.24, 2.45) is 0 Å². The normalized spacial score (nSPS) is 11.0. The summed E-state index contributed by atoms with van der Waals surface area (Å²) in [5.74, 6) is 0. The summed E-state index contributed by atoms with van der Waals surface area (Å²) in [6, 6.07) is 0. The number of imidazole rings is 1. The van der Waals surface area contributed by atoms with Crippen molar-refractivity contribution in [2.75, 3.05) is 0 Å². The Morgan fingerprint density at radius 1 is 1.73 bits per heavy atom. The highest BCUT2D eigenvalue weighted by atomic mass is 32.1. The minimum absolute atomic E-state index is 1.07. The standard InChI is InChI=1S/C8H9N2S/c1-2-3-7-6-11-8-9-4-5-10(7)8/h3-6H,2H2,1H3. The van der Waals surface area contributed by atoms with Gasteiger partial charge in [-0.3, -0.25) is 4.40 Å². The van der Waals surface area contributed by atoms with Crippen molar-refractivity contribution >= 4 is 16.3 Å². The van der Waals surface area contributed by atoms with Crippen molar-refractivity contribution in [3.05, 3.63) is 29.9 Å². The highest BCUT2D eigenvalue weighted by Gasteiger charge is 2.01. The summed E-state index contributed by atoms with van der Waals surface area (Å²) in [6.45, 7) is 2.14. The molecule has 2 heterocycles. The fourth-order valence-corrected chi connectivity index (χ4v) is 1.94. The Morgan fingerprint density at radius 2 is 2.64 bits per heavy atom. The predicted molar refractivity (Wildman–Crippen MR) is 46.8 cm³/mol. The lowest BCUT2D eigenvalue weighted by Gasteiger charge is -1.92. The van der Waals surface area contributed by atoms with Gasteiger partial charge in [-0.05, 0) is 6.42 Å². The second-order valence-electron chi connectivity index (χ2n) is 2.35. The molecule has 2 aromatic heterocycles. The molecule has 0 aliphatic rings. The molecule has 2 rings (SSSR count). The maximum atomic E-state index is 4.18. The van der Waals surface area contributed by atoms with Gasteiger partial charge < -0.3 is 0 Å². The first kappa shape index (κ1) is 6.85. The van der Waals surface area contributed by atoms with E-state index in [1.54, 1.807) is 11.3 Å². The summed E-state index contributed by atoms with van der Waals surface area (Å²) in [7, 11) is 0. The summed E-state index contributed by atoms with van der Waals surface area (Å²) < 4.78 is 2.11. The maximum absolute atomic E-state index is 4.18. The van der Waals surface area contributed by atoms with E-state index in [2.05, 4.69) is 28.1 Å². The molecule has 0 aliphatic heterocycles. The van der Waals surface area contributed by atoms with Crippen molar-refractivity contribution in [1.29, 1.82) is 0 Å². The van der Waals surface area contributed by atoms with E-state index in [4.69, 9.17) is 0 Å². The highest BCUT2D eigenvalue weighted by molar-refractivity contribution is 7.15. The molecular formula is C8H9N2S. The number of hydrogen-bond acceptors (Lipinski definition) is 2. The molecule has 0 unspecified atom stereocenters.